The minimum Gasteiger partial charge on any atom is -0.266 e. The van der Waals surface area contributed by atoms with Crippen LogP contribution in [0.4, 0.5) is 0 Å². The second-order valence-electron chi connectivity index (χ2n) is 2.92. The molecule has 0 saturated heterocycles. The highest BCUT2D eigenvalue weighted by molar-refractivity contribution is 5.66. The first-order chi connectivity index (χ1) is 7.38. The van der Waals surface area contributed by atoms with E-state index < -0.39 is 0 Å². The summed E-state index contributed by atoms with van der Waals surface area (Å²) in [4.78, 5) is 3.96. The van der Waals surface area contributed by atoms with Crippen molar-refractivity contribution < 1.29 is 0 Å². The lowest BCUT2D eigenvalue weighted by Gasteiger charge is -1.91. The fourth-order valence-electron chi connectivity index (χ4n) is 1.14. The Balaban J connectivity index is 2.15. The minimum absolute atomic E-state index is 0.638. The van der Waals surface area contributed by atoms with Crippen molar-refractivity contribution in [2.24, 2.45) is 0 Å². The molecule has 0 aliphatic heterocycles. The summed E-state index contributed by atoms with van der Waals surface area (Å²) < 4.78 is 0. The molecule has 1 heterocycles. The quantitative estimate of drug-likeness (QED) is 0.797. The molecule has 4 heteroatoms. The number of nitriles is 1. The Morgan fingerprint density at radius 3 is 2.60 bits per heavy atom. The van der Waals surface area contributed by atoms with Gasteiger partial charge in [0.25, 0.3) is 0 Å². The van der Waals surface area contributed by atoms with Crippen LogP contribution >= 0.6 is 0 Å². The summed E-state index contributed by atoms with van der Waals surface area (Å²) in [5.41, 5.74) is 1.67. The zero-order valence-electron chi connectivity index (χ0n) is 7.88. The molecular formula is C11H8N4. The molecule has 0 aliphatic carbocycles. The largest absolute Gasteiger partial charge is 0.266 e. The third-order valence-electron chi connectivity index (χ3n) is 1.90. The van der Waals surface area contributed by atoms with E-state index in [2.05, 4.69) is 21.3 Å². The van der Waals surface area contributed by atoms with E-state index in [4.69, 9.17) is 5.26 Å². The fourth-order valence-corrected chi connectivity index (χ4v) is 1.14. The molecule has 2 rings (SSSR count). The summed E-state index contributed by atoms with van der Waals surface area (Å²) in [5, 5.41) is 15.1. The first-order valence-corrected chi connectivity index (χ1v) is 4.42. The molecule has 1 N–H and O–H groups in total. The zero-order chi connectivity index (χ0) is 10.5. The predicted octanol–water partition coefficient (Wildman–Crippen LogP) is 1.85. The van der Waals surface area contributed by atoms with Crippen LogP contribution in [0, 0.1) is 11.3 Å². The van der Waals surface area contributed by atoms with Crippen LogP contribution in [0.3, 0.4) is 0 Å². The summed E-state index contributed by atoms with van der Waals surface area (Å²) in [7, 11) is 0. The van der Waals surface area contributed by atoms with Gasteiger partial charge in [-0.2, -0.15) is 10.4 Å². The Morgan fingerprint density at radius 2 is 2.00 bits per heavy atom. The SMILES string of the molecule is N#Cc1ccc(C=Cc2nc[nH]n2)cc1. The molecule has 2 aromatic rings. The highest BCUT2D eigenvalue weighted by Gasteiger charge is 1.91. The maximum Gasteiger partial charge on any atom is 0.173 e. The summed E-state index contributed by atoms with van der Waals surface area (Å²) in [6.45, 7) is 0. The fraction of sp³-hybridized carbons (Fsp3) is 0. The number of hydrogen-bond donors (Lipinski definition) is 1. The van der Waals surface area contributed by atoms with Gasteiger partial charge >= 0.3 is 0 Å². The van der Waals surface area contributed by atoms with Crippen molar-refractivity contribution in [3.05, 3.63) is 47.5 Å². The normalized spacial score (nSPS) is 10.3. The number of H-pyrrole nitrogens is 1. The highest BCUT2D eigenvalue weighted by atomic mass is 15.2. The molecule has 0 aliphatic rings. The van der Waals surface area contributed by atoms with Gasteiger partial charge in [0.15, 0.2) is 5.82 Å². The molecule has 0 unspecified atom stereocenters. The molecule has 0 radical (unpaired) electrons. The van der Waals surface area contributed by atoms with Crippen molar-refractivity contribution in [1.29, 1.82) is 5.26 Å². The molecule has 1 aromatic heterocycles. The zero-order valence-corrected chi connectivity index (χ0v) is 7.88. The van der Waals surface area contributed by atoms with Crippen molar-refractivity contribution in [1.82, 2.24) is 15.2 Å². The number of nitrogens with one attached hydrogen (secondary N) is 1. The van der Waals surface area contributed by atoms with Crippen LogP contribution in [0.25, 0.3) is 12.2 Å². The van der Waals surface area contributed by atoms with Gasteiger partial charge < -0.3 is 0 Å². The average molecular weight is 196 g/mol. The summed E-state index contributed by atoms with van der Waals surface area (Å²) in [5.74, 6) is 0.638. The van der Waals surface area contributed by atoms with Crippen molar-refractivity contribution in [2.45, 2.75) is 0 Å². The van der Waals surface area contributed by atoms with Crippen LogP contribution in [0.1, 0.15) is 17.0 Å². The monoisotopic (exact) mass is 196 g/mol. The topological polar surface area (TPSA) is 65.4 Å². The Bertz CT molecular complexity index is 488. The first-order valence-electron chi connectivity index (χ1n) is 4.42. The summed E-state index contributed by atoms with van der Waals surface area (Å²) in [6, 6.07) is 9.37. The predicted molar refractivity (Wildman–Crippen MR) is 56.5 cm³/mol. The third-order valence-corrected chi connectivity index (χ3v) is 1.90. The molecule has 1 aromatic carbocycles. The molecule has 0 bridgehead atoms. The van der Waals surface area contributed by atoms with Gasteiger partial charge in [0, 0.05) is 0 Å². The number of benzene rings is 1. The molecule has 4 nitrogen and oxygen atoms in total. The van der Waals surface area contributed by atoms with Crippen LogP contribution < -0.4 is 0 Å². The Hall–Kier alpha value is -2.41. The van der Waals surface area contributed by atoms with Gasteiger partial charge in [-0.1, -0.05) is 18.2 Å². The lowest BCUT2D eigenvalue weighted by atomic mass is 10.1. The van der Waals surface area contributed by atoms with E-state index >= 15 is 0 Å². The van der Waals surface area contributed by atoms with Crippen LogP contribution in [0.2, 0.25) is 0 Å². The second kappa shape index (κ2) is 4.20. The van der Waals surface area contributed by atoms with Gasteiger partial charge in [0.05, 0.1) is 11.6 Å². The molecule has 0 amide bonds. The van der Waals surface area contributed by atoms with Gasteiger partial charge in [-0.15, -0.1) is 0 Å². The highest BCUT2D eigenvalue weighted by Crippen LogP contribution is 2.06. The van der Waals surface area contributed by atoms with Crippen molar-refractivity contribution in [2.75, 3.05) is 0 Å². The van der Waals surface area contributed by atoms with E-state index in [9.17, 15) is 0 Å². The van der Waals surface area contributed by atoms with Gasteiger partial charge in [-0.3, -0.25) is 5.10 Å². The van der Waals surface area contributed by atoms with Crippen LogP contribution in [-0.4, -0.2) is 15.2 Å². The molecule has 72 valence electrons. The minimum atomic E-state index is 0.638. The molecule has 0 saturated carbocycles. The summed E-state index contributed by atoms with van der Waals surface area (Å²) in [6.07, 6.45) is 5.22. The van der Waals surface area contributed by atoms with Crippen LogP contribution in [-0.2, 0) is 0 Å². The Morgan fingerprint density at radius 1 is 1.20 bits per heavy atom. The third kappa shape index (κ3) is 2.29. The Labute approximate surface area is 86.9 Å². The standard InChI is InChI=1S/C11H8N4/c12-7-10-3-1-9(2-4-10)5-6-11-13-8-14-15-11/h1-6,8H,(H,13,14,15). The number of aromatic nitrogens is 3. The van der Waals surface area contributed by atoms with E-state index in [1.807, 2.05) is 18.2 Å². The van der Waals surface area contributed by atoms with E-state index in [1.165, 1.54) is 6.33 Å². The molecule has 0 spiro atoms. The van der Waals surface area contributed by atoms with Gasteiger partial charge in [-0.25, -0.2) is 4.98 Å². The number of aromatic amines is 1. The van der Waals surface area contributed by atoms with Crippen molar-refractivity contribution in [3.8, 4) is 6.07 Å². The smallest absolute Gasteiger partial charge is 0.173 e. The van der Waals surface area contributed by atoms with Crippen LogP contribution in [0.15, 0.2) is 30.6 Å². The van der Waals surface area contributed by atoms with Gasteiger partial charge in [0.2, 0.25) is 0 Å². The average Bonchev–Trinajstić information content (AvgIpc) is 2.80. The van der Waals surface area contributed by atoms with E-state index in [0.717, 1.165) is 5.56 Å². The molecule has 0 fully saturated rings. The van der Waals surface area contributed by atoms with Crippen molar-refractivity contribution in [3.63, 3.8) is 0 Å². The molecule has 0 atom stereocenters. The van der Waals surface area contributed by atoms with Crippen LogP contribution in [0.5, 0.6) is 0 Å². The lowest BCUT2D eigenvalue weighted by molar-refractivity contribution is 1.08. The second-order valence-corrected chi connectivity index (χ2v) is 2.92. The number of hydrogen-bond acceptors (Lipinski definition) is 3. The van der Waals surface area contributed by atoms with Gasteiger partial charge in [-0.05, 0) is 23.8 Å². The molecule has 15 heavy (non-hydrogen) atoms. The van der Waals surface area contributed by atoms with E-state index in [1.54, 1.807) is 18.2 Å². The molecular weight excluding hydrogens is 188 g/mol. The van der Waals surface area contributed by atoms with E-state index in [0.29, 0.717) is 11.4 Å². The maximum atomic E-state index is 8.62. The van der Waals surface area contributed by atoms with E-state index in [-0.39, 0.29) is 0 Å². The first kappa shape index (κ1) is 9.16. The number of nitrogens with zero attached hydrogens (tertiary/aromatic N) is 3. The Kier molecular flexibility index (Phi) is 2.56. The number of rotatable bonds is 2. The summed E-state index contributed by atoms with van der Waals surface area (Å²) >= 11 is 0. The van der Waals surface area contributed by atoms with Crippen molar-refractivity contribution >= 4 is 12.2 Å². The maximum absolute atomic E-state index is 8.62. The van der Waals surface area contributed by atoms with Gasteiger partial charge in [0.1, 0.15) is 6.33 Å². The lowest BCUT2D eigenvalue weighted by Crippen LogP contribution is -1.77.